The normalized spacial score (nSPS) is 18.1. The highest BCUT2D eigenvalue weighted by Crippen LogP contribution is 2.42. The van der Waals surface area contributed by atoms with Gasteiger partial charge in [0.15, 0.2) is 5.78 Å². The van der Waals surface area contributed by atoms with Crippen LogP contribution in [0.1, 0.15) is 35.2 Å². The molecule has 2 aromatic carbocycles. The Morgan fingerprint density at radius 3 is 2.46 bits per heavy atom. The molecule has 28 heavy (non-hydrogen) atoms. The van der Waals surface area contributed by atoms with E-state index in [0.29, 0.717) is 43.7 Å². The van der Waals surface area contributed by atoms with Gasteiger partial charge in [-0.1, -0.05) is 28.7 Å². The number of Topliss-reactive ketones (excluding diaryl/α,β-unsaturated/α-hetero) is 1. The van der Waals surface area contributed by atoms with Crippen molar-refractivity contribution in [3.63, 3.8) is 0 Å². The predicted octanol–water partition coefficient (Wildman–Crippen LogP) is 3.85. The summed E-state index contributed by atoms with van der Waals surface area (Å²) in [5.41, 5.74) is 0.634. The second-order valence-electron chi connectivity index (χ2n) is 7.39. The second-order valence-corrected chi connectivity index (χ2v) is 7.39. The smallest absolute Gasteiger partial charge is 0.317 e. The number of fused-ring (bicyclic) bond motifs is 1. The number of para-hydroxylation sites is 1. The van der Waals surface area contributed by atoms with Crippen LogP contribution < -0.4 is 10.4 Å². The standard InChI is InChI=1S/C21H21F2N3O2/c22-16-7-5-15(6-8-16)14-24-20(28)25-11-9-21(10-12-25)13-19(27)17-3-1-2-4-18(17)26(21)23/h1-8H,9-14H2,(H,24,28). The number of halogens is 2. The van der Waals surface area contributed by atoms with Crippen molar-refractivity contribution in [2.24, 2.45) is 0 Å². The van der Waals surface area contributed by atoms with Crippen molar-refractivity contribution in [2.75, 3.05) is 18.2 Å². The van der Waals surface area contributed by atoms with Gasteiger partial charge in [-0.05, 0) is 42.7 Å². The molecule has 1 spiro atoms. The molecular weight excluding hydrogens is 364 g/mol. The van der Waals surface area contributed by atoms with Gasteiger partial charge in [0.05, 0.1) is 11.2 Å². The van der Waals surface area contributed by atoms with E-state index in [0.717, 1.165) is 10.7 Å². The molecule has 0 aliphatic carbocycles. The fourth-order valence-electron chi connectivity index (χ4n) is 3.99. The lowest BCUT2D eigenvalue weighted by Gasteiger charge is -2.47. The summed E-state index contributed by atoms with van der Waals surface area (Å²) >= 11 is 0. The third-order valence-electron chi connectivity index (χ3n) is 5.66. The van der Waals surface area contributed by atoms with Gasteiger partial charge < -0.3 is 10.2 Å². The van der Waals surface area contributed by atoms with Crippen LogP contribution in [0.15, 0.2) is 48.5 Å². The van der Waals surface area contributed by atoms with Crippen molar-refractivity contribution >= 4 is 17.5 Å². The minimum absolute atomic E-state index is 0.0567. The van der Waals surface area contributed by atoms with Gasteiger partial charge in [-0.3, -0.25) is 4.79 Å². The maximum Gasteiger partial charge on any atom is 0.317 e. The number of amides is 2. The molecule has 2 amide bonds. The van der Waals surface area contributed by atoms with Crippen LogP contribution in [-0.2, 0) is 6.54 Å². The molecule has 4 rings (SSSR count). The maximum atomic E-state index is 15.2. The topological polar surface area (TPSA) is 52.7 Å². The molecule has 0 aromatic heterocycles. The monoisotopic (exact) mass is 385 g/mol. The Morgan fingerprint density at radius 1 is 1.07 bits per heavy atom. The number of hydrogen-bond donors (Lipinski definition) is 1. The average Bonchev–Trinajstić information content (AvgIpc) is 2.72. The summed E-state index contributed by atoms with van der Waals surface area (Å²) in [4.78, 5) is 26.5. The van der Waals surface area contributed by atoms with E-state index in [2.05, 4.69) is 5.32 Å². The Kier molecular flexibility index (Phi) is 4.75. The Bertz CT molecular complexity index is 893. The van der Waals surface area contributed by atoms with Gasteiger partial charge in [-0.2, -0.15) is 0 Å². The molecule has 2 aliphatic rings. The van der Waals surface area contributed by atoms with E-state index in [4.69, 9.17) is 0 Å². The van der Waals surface area contributed by atoms with Gasteiger partial charge in [0.1, 0.15) is 5.82 Å². The third-order valence-corrected chi connectivity index (χ3v) is 5.66. The summed E-state index contributed by atoms with van der Waals surface area (Å²) in [6.45, 7) is 1.03. The zero-order chi connectivity index (χ0) is 19.7. The second kappa shape index (κ2) is 7.22. The summed E-state index contributed by atoms with van der Waals surface area (Å²) in [7, 11) is 0. The van der Waals surface area contributed by atoms with Gasteiger partial charge in [0.2, 0.25) is 0 Å². The largest absolute Gasteiger partial charge is 0.334 e. The summed E-state index contributed by atoms with van der Waals surface area (Å²) in [5.74, 6) is -0.380. The number of nitrogens with zero attached hydrogens (tertiary/aromatic N) is 2. The SMILES string of the molecule is O=C1CC2(CCN(C(=O)NCc3ccc(F)cc3)CC2)N(F)c2ccccc21. The van der Waals surface area contributed by atoms with Crippen LogP contribution in [-0.4, -0.2) is 35.3 Å². The first-order valence-electron chi connectivity index (χ1n) is 9.34. The van der Waals surface area contributed by atoms with Crippen LogP contribution in [0.3, 0.4) is 0 Å². The molecule has 1 saturated heterocycles. The minimum Gasteiger partial charge on any atom is -0.334 e. The van der Waals surface area contributed by atoms with Crippen molar-refractivity contribution in [1.29, 1.82) is 0 Å². The van der Waals surface area contributed by atoms with Crippen molar-refractivity contribution < 1.29 is 18.5 Å². The van der Waals surface area contributed by atoms with Crippen LogP contribution in [0, 0.1) is 5.82 Å². The molecule has 0 atom stereocenters. The lowest BCUT2D eigenvalue weighted by Crippen LogP contribution is -2.57. The Morgan fingerprint density at radius 2 is 1.75 bits per heavy atom. The molecule has 2 heterocycles. The molecule has 7 heteroatoms. The highest BCUT2D eigenvalue weighted by molar-refractivity contribution is 6.04. The molecular formula is C21H21F2N3O2. The van der Waals surface area contributed by atoms with Crippen molar-refractivity contribution in [1.82, 2.24) is 10.2 Å². The van der Waals surface area contributed by atoms with Gasteiger partial charge in [-0.25, -0.2) is 14.3 Å². The predicted molar refractivity (Wildman–Crippen MR) is 101 cm³/mol. The van der Waals surface area contributed by atoms with E-state index in [-0.39, 0.29) is 24.1 Å². The zero-order valence-corrected chi connectivity index (χ0v) is 15.3. The highest BCUT2D eigenvalue weighted by atomic mass is 19.2. The number of carbonyl (C=O) groups is 2. The molecule has 0 unspecified atom stereocenters. The van der Waals surface area contributed by atoms with Gasteiger partial charge >= 0.3 is 6.03 Å². The molecule has 2 aromatic rings. The van der Waals surface area contributed by atoms with E-state index in [1.54, 1.807) is 41.3 Å². The van der Waals surface area contributed by atoms with Crippen molar-refractivity contribution in [3.8, 4) is 0 Å². The van der Waals surface area contributed by atoms with Gasteiger partial charge in [-0.15, -0.1) is 0 Å². The lowest BCUT2D eigenvalue weighted by molar-refractivity contribution is 0.0805. The van der Waals surface area contributed by atoms with E-state index in [1.165, 1.54) is 12.1 Å². The fraction of sp³-hybridized carbons (Fsp3) is 0.333. The highest BCUT2D eigenvalue weighted by Gasteiger charge is 2.47. The summed E-state index contributed by atoms with van der Waals surface area (Å²) < 4.78 is 28.1. The van der Waals surface area contributed by atoms with Crippen LogP contribution in [0.4, 0.5) is 19.4 Å². The minimum atomic E-state index is -0.890. The third kappa shape index (κ3) is 3.32. The number of benzene rings is 2. The number of likely N-dealkylation sites (tertiary alicyclic amines) is 1. The first-order valence-corrected chi connectivity index (χ1v) is 9.34. The van der Waals surface area contributed by atoms with Gasteiger partial charge in [0.25, 0.3) is 0 Å². The lowest BCUT2D eigenvalue weighted by atomic mass is 9.78. The summed E-state index contributed by atoms with van der Waals surface area (Å²) in [6, 6.07) is 12.4. The summed E-state index contributed by atoms with van der Waals surface area (Å²) in [6.07, 6.45) is 0.882. The molecule has 5 nitrogen and oxygen atoms in total. The number of anilines is 1. The summed E-state index contributed by atoms with van der Waals surface area (Å²) in [5, 5.41) is 3.54. The molecule has 0 bridgehead atoms. The fourth-order valence-corrected chi connectivity index (χ4v) is 3.99. The Hall–Kier alpha value is -2.96. The van der Waals surface area contributed by atoms with Crippen molar-refractivity contribution in [2.45, 2.75) is 31.3 Å². The quantitative estimate of drug-likeness (QED) is 0.799. The molecule has 0 radical (unpaired) electrons. The number of hydrogen-bond acceptors (Lipinski definition) is 3. The zero-order valence-electron chi connectivity index (χ0n) is 15.3. The maximum absolute atomic E-state index is 15.2. The van der Waals surface area contributed by atoms with Gasteiger partial charge in [0, 0.05) is 31.6 Å². The van der Waals surface area contributed by atoms with Crippen LogP contribution in [0.25, 0.3) is 0 Å². The van der Waals surface area contributed by atoms with Crippen LogP contribution in [0.5, 0.6) is 0 Å². The van der Waals surface area contributed by atoms with Crippen LogP contribution in [0.2, 0.25) is 0 Å². The average molecular weight is 385 g/mol. The number of carbonyl (C=O) groups excluding carboxylic acids is 2. The molecule has 2 aliphatic heterocycles. The molecule has 1 fully saturated rings. The Balaban J connectivity index is 1.38. The molecule has 0 saturated carbocycles. The van der Waals surface area contributed by atoms with E-state index in [9.17, 15) is 14.0 Å². The number of rotatable bonds is 2. The molecule has 146 valence electrons. The first-order chi connectivity index (χ1) is 13.5. The number of urea groups is 1. The number of piperidine rings is 1. The first kappa shape index (κ1) is 18.4. The molecule has 1 N–H and O–H groups in total. The number of nitrogens with one attached hydrogen (secondary N) is 1. The van der Waals surface area contributed by atoms with Crippen molar-refractivity contribution in [3.05, 3.63) is 65.5 Å². The van der Waals surface area contributed by atoms with E-state index in [1.807, 2.05) is 0 Å². The van der Waals surface area contributed by atoms with Crippen LogP contribution >= 0.6 is 0 Å². The van der Waals surface area contributed by atoms with E-state index >= 15 is 4.48 Å². The van der Waals surface area contributed by atoms with E-state index < -0.39 is 5.54 Å². The number of ketones is 1. The Labute approximate surface area is 161 Å².